The Morgan fingerprint density at radius 1 is 0.353 bits per heavy atom. The second-order valence-corrected chi connectivity index (χ2v) is 13.5. The average molecular weight is 721 g/mol. The highest BCUT2D eigenvalue weighted by Gasteiger charge is 2.19. The minimum atomic E-state index is 0.543. The van der Waals surface area contributed by atoms with Crippen LogP contribution in [0.15, 0.2) is 171 Å². The van der Waals surface area contributed by atoms with Gasteiger partial charge in [0.1, 0.15) is 22.3 Å². The van der Waals surface area contributed by atoms with Gasteiger partial charge in [-0.25, -0.2) is 15.0 Å². The quantitative estimate of drug-likeness (QED) is 0.177. The molecule has 10 aromatic rings. The Hall–Kier alpha value is -6.37. The summed E-state index contributed by atoms with van der Waals surface area (Å²) in [6, 6.07) is 53.8. The number of rotatable bonds is 5. The molecular formula is C45H26BrN3O2. The molecule has 0 amide bonds. The second-order valence-electron chi connectivity index (χ2n) is 12.6. The lowest BCUT2D eigenvalue weighted by atomic mass is 9.99. The number of hydrogen-bond acceptors (Lipinski definition) is 5. The topological polar surface area (TPSA) is 65.0 Å². The molecule has 7 aromatic carbocycles. The van der Waals surface area contributed by atoms with Crippen LogP contribution in [0, 0.1) is 0 Å². The lowest BCUT2D eigenvalue weighted by molar-refractivity contribution is 0.669. The molecule has 3 aromatic heterocycles. The lowest BCUT2D eigenvalue weighted by Crippen LogP contribution is -2.00. The summed E-state index contributed by atoms with van der Waals surface area (Å²) < 4.78 is 13.6. The minimum Gasteiger partial charge on any atom is -0.456 e. The van der Waals surface area contributed by atoms with E-state index in [-0.39, 0.29) is 0 Å². The van der Waals surface area contributed by atoms with Gasteiger partial charge in [-0.2, -0.15) is 0 Å². The first-order valence-electron chi connectivity index (χ1n) is 16.7. The van der Waals surface area contributed by atoms with Gasteiger partial charge in [0.05, 0.1) is 5.56 Å². The molecule has 0 radical (unpaired) electrons. The molecule has 3 heterocycles. The zero-order valence-corrected chi connectivity index (χ0v) is 28.6. The van der Waals surface area contributed by atoms with Gasteiger partial charge in [0.15, 0.2) is 17.5 Å². The van der Waals surface area contributed by atoms with Crippen LogP contribution in [0.3, 0.4) is 0 Å². The normalized spacial score (nSPS) is 11.6. The van der Waals surface area contributed by atoms with E-state index >= 15 is 0 Å². The van der Waals surface area contributed by atoms with Gasteiger partial charge in [-0.15, -0.1) is 0 Å². The van der Waals surface area contributed by atoms with Crippen LogP contribution in [0.2, 0.25) is 0 Å². The van der Waals surface area contributed by atoms with Crippen molar-refractivity contribution in [1.82, 2.24) is 15.0 Å². The molecule has 0 bridgehead atoms. The van der Waals surface area contributed by atoms with E-state index in [9.17, 15) is 0 Å². The van der Waals surface area contributed by atoms with Gasteiger partial charge in [0.25, 0.3) is 0 Å². The molecule has 0 spiro atoms. The average Bonchev–Trinajstić information content (AvgIpc) is 3.76. The molecule has 51 heavy (non-hydrogen) atoms. The van der Waals surface area contributed by atoms with Crippen LogP contribution in [0.25, 0.3) is 100 Å². The van der Waals surface area contributed by atoms with E-state index in [1.165, 1.54) is 5.56 Å². The van der Waals surface area contributed by atoms with Gasteiger partial charge >= 0.3 is 0 Å². The summed E-state index contributed by atoms with van der Waals surface area (Å²) in [5.41, 5.74) is 10.3. The summed E-state index contributed by atoms with van der Waals surface area (Å²) in [5, 5.41) is 4.14. The predicted molar refractivity (Wildman–Crippen MR) is 209 cm³/mol. The number of halogens is 1. The molecule has 240 valence electrons. The van der Waals surface area contributed by atoms with Crippen LogP contribution in [-0.4, -0.2) is 15.0 Å². The van der Waals surface area contributed by atoms with Crippen molar-refractivity contribution in [2.24, 2.45) is 0 Å². The zero-order chi connectivity index (χ0) is 33.9. The van der Waals surface area contributed by atoms with Crippen LogP contribution >= 0.6 is 15.9 Å². The Balaban J connectivity index is 1.13. The summed E-state index contributed by atoms with van der Waals surface area (Å²) in [7, 11) is 0. The monoisotopic (exact) mass is 719 g/mol. The van der Waals surface area contributed by atoms with Crippen molar-refractivity contribution in [2.75, 3.05) is 0 Å². The largest absolute Gasteiger partial charge is 0.456 e. The fourth-order valence-electron chi connectivity index (χ4n) is 6.88. The van der Waals surface area contributed by atoms with E-state index < -0.39 is 0 Å². The van der Waals surface area contributed by atoms with Gasteiger partial charge in [0, 0.05) is 37.1 Å². The van der Waals surface area contributed by atoms with Crippen LogP contribution < -0.4 is 0 Å². The zero-order valence-electron chi connectivity index (χ0n) is 27.0. The first-order valence-corrected chi connectivity index (χ1v) is 17.5. The maximum absolute atomic E-state index is 6.43. The number of aromatic nitrogens is 3. The number of benzene rings is 7. The molecule has 5 nitrogen and oxygen atoms in total. The molecule has 0 aliphatic heterocycles. The van der Waals surface area contributed by atoms with Gasteiger partial charge in [0.2, 0.25) is 0 Å². The molecule has 0 N–H and O–H groups in total. The van der Waals surface area contributed by atoms with Crippen LogP contribution in [0.5, 0.6) is 0 Å². The number of fused-ring (bicyclic) bond motifs is 6. The van der Waals surface area contributed by atoms with E-state index in [2.05, 4.69) is 113 Å². The van der Waals surface area contributed by atoms with E-state index in [0.717, 1.165) is 81.7 Å². The van der Waals surface area contributed by atoms with Crippen molar-refractivity contribution in [1.29, 1.82) is 0 Å². The van der Waals surface area contributed by atoms with Crippen molar-refractivity contribution < 1.29 is 8.83 Å². The van der Waals surface area contributed by atoms with Crippen molar-refractivity contribution in [3.8, 4) is 56.4 Å². The first kappa shape index (κ1) is 29.5. The standard InChI is InChI=1S/C45H26BrN3O2/c46-33-22-19-28(20-23-33)27-15-17-29(18-16-27)30-7-5-8-31(25-30)43-47-44(32-21-24-41-38(26-32)35-10-2-3-13-39(35)50-41)49-45(48-43)37-12-6-11-36-34-9-1-4-14-40(34)51-42(36)37/h1-26H. The Labute approximate surface area is 301 Å². The third kappa shape index (κ3) is 5.20. The molecule has 0 unspecified atom stereocenters. The lowest BCUT2D eigenvalue weighted by Gasteiger charge is -2.10. The third-order valence-electron chi connectivity index (χ3n) is 9.43. The first-order chi connectivity index (χ1) is 25.1. The Kier molecular flexibility index (Phi) is 6.89. The molecular weight excluding hydrogens is 694 g/mol. The van der Waals surface area contributed by atoms with E-state index in [1.807, 2.05) is 60.7 Å². The maximum Gasteiger partial charge on any atom is 0.167 e. The van der Waals surface area contributed by atoms with Gasteiger partial charge in [-0.1, -0.05) is 119 Å². The SMILES string of the molecule is Brc1ccc(-c2ccc(-c3cccc(-c4nc(-c5ccc6oc7ccccc7c6c5)nc(-c5cccc6c5oc5ccccc56)n4)c3)cc2)cc1. The fraction of sp³-hybridized carbons (Fsp3) is 0. The predicted octanol–water partition coefficient (Wildman–Crippen LogP) is 12.8. The molecule has 0 aliphatic rings. The number of hydrogen-bond donors (Lipinski definition) is 0. The highest BCUT2D eigenvalue weighted by atomic mass is 79.9. The van der Waals surface area contributed by atoms with Gasteiger partial charge in [-0.05, 0) is 76.9 Å². The highest BCUT2D eigenvalue weighted by Crippen LogP contribution is 2.37. The van der Waals surface area contributed by atoms with Gasteiger partial charge in [-0.3, -0.25) is 0 Å². The second kappa shape index (κ2) is 11.9. The van der Waals surface area contributed by atoms with Crippen molar-refractivity contribution >= 4 is 59.8 Å². The summed E-state index contributed by atoms with van der Waals surface area (Å²) in [6.07, 6.45) is 0. The highest BCUT2D eigenvalue weighted by molar-refractivity contribution is 9.10. The molecule has 0 aliphatic carbocycles. The summed E-state index contributed by atoms with van der Waals surface area (Å²) in [4.78, 5) is 15.3. The molecule has 0 saturated heterocycles. The Morgan fingerprint density at radius 3 is 1.61 bits per heavy atom. The van der Waals surface area contributed by atoms with Crippen LogP contribution in [0.4, 0.5) is 0 Å². The maximum atomic E-state index is 6.43. The van der Waals surface area contributed by atoms with E-state index in [1.54, 1.807) is 0 Å². The van der Waals surface area contributed by atoms with Crippen LogP contribution in [0.1, 0.15) is 0 Å². The van der Waals surface area contributed by atoms with Crippen molar-refractivity contribution in [3.05, 3.63) is 162 Å². The van der Waals surface area contributed by atoms with Gasteiger partial charge < -0.3 is 8.83 Å². The van der Waals surface area contributed by atoms with E-state index in [0.29, 0.717) is 17.5 Å². The number of para-hydroxylation sites is 3. The number of nitrogens with zero attached hydrogens (tertiary/aromatic N) is 3. The molecule has 6 heteroatoms. The summed E-state index contributed by atoms with van der Waals surface area (Å²) in [5.74, 6) is 1.69. The molecule has 0 saturated carbocycles. The van der Waals surface area contributed by atoms with E-state index in [4.69, 9.17) is 23.8 Å². The van der Waals surface area contributed by atoms with Crippen molar-refractivity contribution in [2.45, 2.75) is 0 Å². The summed E-state index contributed by atoms with van der Waals surface area (Å²) in [6.45, 7) is 0. The fourth-order valence-corrected chi connectivity index (χ4v) is 7.14. The third-order valence-corrected chi connectivity index (χ3v) is 9.96. The summed E-state index contributed by atoms with van der Waals surface area (Å²) >= 11 is 3.53. The Bertz CT molecular complexity index is 2930. The minimum absolute atomic E-state index is 0.543. The number of furan rings is 2. The smallest absolute Gasteiger partial charge is 0.167 e. The molecule has 10 rings (SSSR count). The van der Waals surface area contributed by atoms with Crippen molar-refractivity contribution in [3.63, 3.8) is 0 Å². The Morgan fingerprint density at radius 2 is 0.863 bits per heavy atom. The molecule has 0 fully saturated rings. The molecule has 0 atom stereocenters. The van der Waals surface area contributed by atoms with Crippen LogP contribution in [-0.2, 0) is 0 Å².